The van der Waals surface area contributed by atoms with Gasteiger partial charge in [-0.2, -0.15) is 0 Å². The number of hydrogen-bond donors (Lipinski definition) is 2. The van der Waals surface area contributed by atoms with Crippen LogP contribution in [0.4, 0.5) is 4.79 Å². The Morgan fingerprint density at radius 3 is 2.52 bits per heavy atom. The van der Waals surface area contributed by atoms with Gasteiger partial charge in [0.05, 0.1) is 0 Å². The molecule has 1 aromatic heterocycles. The van der Waals surface area contributed by atoms with Crippen molar-refractivity contribution in [2.24, 2.45) is 5.92 Å². The molecule has 0 spiro atoms. The molecule has 25 heavy (non-hydrogen) atoms. The Kier molecular flexibility index (Phi) is 6.51. The Bertz CT molecular complexity index is 744. The van der Waals surface area contributed by atoms with Crippen LogP contribution in [0, 0.1) is 5.92 Å². The minimum atomic E-state index is -1.34. The molecule has 0 aliphatic carbocycles. The summed E-state index contributed by atoms with van der Waals surface area (Å²) in [7, 11) is 0. The van der Waals surface area contributed by atoms with Crippen molar-refractivity contribution in [2.75, 3.05) is 6.54 Å². The number of rotatable bonds is 7. The lowest BCUT2D eigenvalue weighted by atomic mass is 9.98. The molecule has 1 aromatic carbocycles. The lowest BCUT2D eigenvalue weighted by Gasteiger charge is -2.14. The van der Waals surface area contributed by atoms with Crippen LogP contribution in [-0.2, 0) is 6.54 Å². The zero-order valence-corrected chi connectivity index (χ0v) is 14.4. The van der Waals surface area contributed by atoms with E-state index >= 15 is 0 Å². The second-order valence-electron chi connectivity index (χ2n) is 6.14. The van der Waals surface area contributed by atoms with E-state index in [1.54, 1.807) is 18.3 Å². The van der Waals surface area contributed by atoms with Crippen molar-refractivity contribution in [3.8, 4) is 11.1 Å². The summed E-state index contributed by atoms with van der Waals surface area (Å²) in [4.78, 5) is 27.4. The average molecular weight is 340 g/mol. The molecular formula is C19H22N3O3-. The van der Waals surface area contributed by atoms with Gasteiger partial charge in [-0.05, 0) is 29.5 Å². The first-order chi connectivity index (χ1) is 12.0. The highest BCUT2D eigenvalue weighted by Crippen LogP contribution is 2.26. The average Bonchev–Trinajstić information content (AvgIpc) is 2.59. The third-order valence-electron chi connectivity index (χ3n) is 3.76. The number of carboxylic acid groups (broad SMARTS) is 1. The molecule has 2 aromatic rings. The maximum atomic E-state index is 12.5. The molecule has 0 aliphatic heterocycles. The molecule has 2 amide bonds. The smallest absolute Gasteiger partial charge is 0.270 e. The van der Waals surface area contributed by atoms with Crippen LogP contribution < -0.4 is 15.7 Å². The summed E-state index contributed by atoms with van der Waals surface area (Å²) in [5.41, 5.74) is 2.50. The SMILES string of the molecule is CC(C)CCNC(=O)c1ncccc1-c1ccccc1CNC(=O)[O-]. The lowest BCUT2D eigenvalue weighted by Crippen LogP contribution is -2.36. The van der Waals surface area contributed by atoms with Gasteiger partial charge in [-0.1, -0.05) is 44.2 Å². The Morgan fingerprint density at radius 1 is 1.08 bits per heavy atom. The van der Waals surface area contributed by atoms with Gasteiger partial charge in [0.1, 0.15) is 11.8 Å². The van der Waals surface area contributed by atoms with Gasteiger partial charge in [0.15, 0.2) is 0 Å². The number of nitrogens with zero attached hydrogens (tertiary/aromatic N) is 1. The fourth-order valence-electron chi connectivity index (χ4n) is 2.47. The largest absolute Gasteiger partial charge is 0.530 e. The van der Waals surface area contributed by atoms with Crippen molar-refractivity contribution >= 4 is 12.0 Å². The van der Waals surface area contributed by atoms with E-state index in [1.165, 1.54) is 0 Å². The van der Waals surface area contributed by atoms with E-state index in [2.05, 4.69) is 29.5 Å². The van der Waals surface area contributed by atoms with Crippen molar-refractivity contribution in [1.29, 1.82) is 0 Å². The minimum absolute atomic E-state index is 0.0990. The Balaban J connectivity index is 2.28. The summed E-state index contributed by atoms with van der Waals surface area (Å²) < 4.78 is 0. The van der Waals surface area contributed by atoms with Gasteiger partial charge in [-0.25, -0.2) is 0 Å². The number of aromatic nitrogens is 1. The predicted molar refractivity (Wildman–Crippen MR) is 93.7 cm³/mol. The molecule has 132 valence electrons. The molecule has 0 radical (unpaired) electrons. The molecule has 0 atom stereocenters. The molecule has 6 nitrogen and oxygen atoms in total. The first kappa shape index (κ1) is 18.4. The van der Waals surface area contributed by atoms with Crippen LogP contribution in [0.5, 0.6) is 0 Å². The number of carbonyl (C=O) groups excluding carboxylic acids is 2. The van der Waals surface area contributed by atoms with Crippen molar-refractivity contribution < 1.29 is 14.7 Å². The summed E-state index contributed by atoms with van der Waals surface area (Å²) in [5, 5.41) is 15.8. The summed E-state index contributed by atoms with van der Waals surface area (Å²) in [6.45, 7) is 4.88. The second-order valence-corrected chi connectivity index (χ2v) is 6.14. The zero-order valence-electron chi connectivity index (χ0n) is 14.4. The first-order valence-corrected chi connectivity index (χ1v) is 8.25. The quantitative estimate of drug-likeness (QED) is 0.805. The molecule has 1 heterocycles. The highest BCUT2D eigenvalue weighted by Gasteiger charge is 2.16. The number of carbonyl (C=O) groups is 2. The molecule has 0 bridgehead atoms. The summed E-state index contributed by atoms with van der Waals surface area (Å²) >= 11 is 0. The van der Waals surface area contributed by atoms with Gasteiger partial charge >= 0.3 is 0 Å². The van der Waals surface area contributed by atoms with Gasteiger partial charge in [0, 0.05) is 24.8 Å². The van der Waals surface area contributed by atoms with Crippen molar-refractivity contribution in [2.45, 2.75) is 26.8 Å². The highest BCUT2D eigenvalue weighted by atomic mass is 16.4. The van der Waals surface area contributed by atoms with Gasteiger partial charge in [0.25, 0.3) is 5.91 Å². The third kappa shape index (κ3) is 5.31. The molecule has 2 rings (SSSR count). The monoisotopic (exact) mass is 340 g/mol. The van der Waals surface area contributed by atoms with E-state index in [9.17, 15) is 14.7 Å². The number of hydrogen-bond acceptors (Lipinski definition) is 4. The molecule has 0 saturated heterocycles. The Labute approximate surface area is 147 Å². The van der Waals surface area contributed by atoms with Crippen LogP contribution in [0.15, 0.2) is 42.6 Å². The van der Waals surface area contributed by atoms with E-state index in [4.69, 9.17) is 0 Å². The summed E-state index contributed by atoms with van der Waals surface area (Å²) in [5.74, 6) is 0.263. The number of nitrogens with one attached hydrogen (secondary N) is 2. The van der Waals surface area contributed by atoms with Crippen molar-refractivity contribution in [3.63, 3.8) is 0 Å². The third-order valence-corrected chi connectivity index (χ3v) is 3.76. The van der Waals surface area contributed by atoms with Gasteiger partial charge in [-0.15, -0.1) is 0 Å². The van der Waals surface area contributed by atoms with Crippen LogP contribution in [0.2, 0.25) is 0 Å². The first-order valence-electron chi connectivity index (χ1n) is 8.25. The zero-order chi connectivity index (χ0) is 18.2. The normalized spacial score (nSPS) is 10.5. The van der Waals surface area contributed by atoms with E-state index in [1.807, 2.05) is 24.3 Å². The molecule has 0 unspecified atom stereocenters. The molecule has 6 heteroatoms. The van der Waals surface area contributed by atoms with E-state index in [-0.39, 0.29) is 12.5 Å². The fourth-order valence-corrected chi connectivity index (χ4v) is 2.47. The van der Waals surface area contributed by atoms with E-state index in [0.717, 1.165) is 17.5 Å². The van der Waals surface area contributed by atoms with Crippen LogP contribution in [0.1, 0.15) is 36.3 Å². The Morgan fingerprint density at radius 2 is 1.80 bits per heavy atom. The molecule has 0 aliphatic rings. The molecule has 0 fully saturated rings. The fraction of sp³-hybridized carbons (Fsp3) is 0.316. The minimum Gasteiger partial charge on any atom is -0.530 e. The Hall–Kier alpha value is -2.89. The van der Waals surface area contributed by atoms with Crippen molar-refractivity contribution in [3.05, 3.63) is 53.9 Å². The predicted octanol–water partition coefficient (Wildman–Crippen LogP) is 1.96. The van der Waals surface area contributed by atoms with Crippen LogP contribution >= 0.6 is 0 Å². The molecular weight excluding hydrogens is 318 g/mol. The maximum absolute atomic E-state index is 12.5. The molecule has 2 N–H and O–H groups in total. The second kappa shape index (κ2) is 8.82. The molecule has 0 saturated carbocycles. The number of pyridine rings is 1. The highest BCUT2D eigenvalue weighted by molar-refractivity contribution is 5.99. The van der Waals surface area contributed by atoms with E-state index in [0.29, 0.717) is 23.7 Å². The van der Waals surface area contributed by atoms with E-state index < -0.39 is 6.09 Å². The number of benzene rings is 1. The maximum Gasteiger partial charge on any atom is 0.270 e. The van der Waals surface area contributed by atoms with Gasteiger partial charge < -0.3 is 20.5 Å². The summed E-state index contributed by atoms with van der Waals surface area (Å²) in [6.07, 6.45) is 1.12. The van der Waals surface area contributed by atoms with Crippen LogP contribution in [0.3, 0.4) is 0 Å². The van der Waals surface area contributed by atoms with Gasteiger partial charge in [0.2, 0.25) is 0 Å². The van der Waals surface area contributed by atoms with Gasteiger partial charge in [-0.3, -0.25) is 9.78 Å². The number of amides is 2. The summed E-state index contributed by atoms with van der Waals surface area (Å²) in [6, 6.07) is 10.9. The lowest BCUT2D eigenvalue weighted by molar-refractivity contribution is -0.251. The van der Waals surface area contributed by atoms with Crippen LogP contribution in [-0.4, -0.2) is 23.5 Å². The van der Waals surface area contributed by atoms with Crippen molar-refractivity contribution in [1.82, 2.24) is 15.6 Å². The standard InChI is InChI=1S/C19H23N3O3/c1-13(2)9-11-21-18(23)17-16(8-5-10-20-17)15-7-4-3-6-14(15)12-22-19(24)25/h3-8,10,13,22H,9,11-12H2,1-2H3,(H,21,23)(H,24,25)/p-1. The topological polar surface area (TPSA) is 94.2 Å². The van der Waals surface area contributed by atoms with Crippen LogP contribution in [0.25, 0.3) is 11.1 Å².